The van der Waals surface area contributed by atoms with Crippen molar-refractivity contribution >= 4 is 27.5 Å². The van der Waals surface area contributed by atoms with Gasteiger partial charge < -0.3 is 10.1 Å². The Labute approximate surface area is 129 Å². The molecule has 0 radical (unpaired) electrons. The Morgan fingerprint density at radius 2 is 2.11 bits per heavy atom. The van der Waals surface area contributed by atoms with Crippen molar-refractivity contribution in [2.45, 2.75) is 43.7 Å². The predicted molar refractivity (Wildman–Crippen MR) is 83.9 cm³/mol. The van der Waals surface area contributed by atoms with Gasteiger partial charge in [-0.3, -0.25) is 0 Å². The van der Waals surface area contributed by atoms with Crippen LogP contribution in [0.2, 0.25) is 5.02 Å². The van der Waals surface area contributed by atoms with Gasteiger partial charge in [0, 0.05) is 22.6 Å². The first kappa shape index (κ1) is 15.3. The lowest BCUT2D eigenvalue weighted by atomic mass is 9.87. The fraction of sp³-hybridized carbons (Fsp3) is 0.600. The molecule has 1 fully saturated rings. The van der Waals surface area contributed by atoms with Gasteiger partial charge in [-0.25, -0.2) is 0 Å². The van der Waals surface area contributed by atoms with E-state index in [1.807, 2.05) is 26.3 Å². The van der Waals surface area contributed by atoms with Gasteiger partial charge in [-0.05, 0) is 44.0 Å². The summed E-state index contributed by atoms with van der Waals surface area (Å²) in [6, 6.07) is 6.40. The van der Waals surface area contributed by atoms with Crippen molar-refractivity contribution in [3.63, 3.8) is 0 Å². The molecule has 1 aromatic rings. The summed E-state index contributed by atoms with van der Waals surface area (Å²) in [5.74, 6) is 0. The highest BCUT2D eigenvalue weighted by atomic mass is 79.9. The Hall–Kier alpha value is -0.0900. The monoisotopic (exact) mass is 345 g/mol. The first-order chi connectivity index (χ1) is 9.11. The smallest absolute Gasteiger partial charge is 0.0834 e. The zero-order valence-electron chi connectivity index (χ0n) is 11.5. The number of likely N-dealkylation sites (N-methyl/N-ethyl adjacent to an activating group) is 1. The molecule has 4 heteroatoms. The van der Waals surface area contributed by atoms with Gasteiger partial charge in [0.15, 0.2) is 0 Å². The highest BCUT2D eigenvalue weighted by Gasteiger charge is 2.40. The average Bonchev–Trinajstić information content (AvgIpc) is 2.88. The van der Waals surface area contributed by atoms with Gasteiger partial charge in [-0.15, -0.1) is 0 Å². The highest BCUT2D eigenvalue weighted by Crippen LogP contribution is 2.37. The molecule has 1 aliphatic rings. The van der Waals surface area contributed by atoms with Crippen molar-refractivity contribution in [2.75, 3.05) is 14.2 Å². The minimum atomic E-state index is -0.0366. The van der Waals surface area contributed by atoms with Crippen LogP contribution in [0.15, 0.2) is 22.7 Å². The summed E-state index contributed by atoms with van der Waals surface area (Å²) in [5, 5.41) is 4.25. The van der Waals surface area contributed by atoms with Crippen molar-refractivity contribution in [1.82, 2.24) is 5.32 Å². The number of halogens is 2. The highest BCUT2D eigenvalue weighted by molar-refractivity contribution is 9.10. The molecule has 1 aliphatic carbocycles. The largest absolute Gasteiger partial charge is 0.377 e. The molecule has 0 aliphatic heterocycles. The zero-order chi connectivity index (χ0) is 13.9. The topological polar surface area (TPSA) is 21.3 Å². The van der Waals surface area contributed by atoms with Crippen LogP contribution in [-0.4, -0.2) is 25.8 Å². The van der Waals surface area contributed by atoms with Crippen LogP contribution >= 0.6 is 27.5 Å². The maximum absolute atomic E-state index is 6.33. The van der Waals surface area contributed by atoms with E-state index in [0.29, 0.717) is 6.04 Å². The number of hydrogen-bond acceptors (Lipinski definition) is 2. The molecule has 1 saturated carbocycles. The Morgan fingerprint density at radius 1 is 1.42 bits per heavy atom. The van der Waals surface area contributed by atoms with Crippen LogP contribution in [0, 0.1) is 0 Å². The van der Waals surface area contributed by atoms with Crippen molar-refractivity contribution in [1.29, 1.82) is 0 Å². The van der Waals surface area contributed by atoms with Crippen LogP contribution in [0.3, 0.4) is 0 Å². The zero-order valence-corrected chi connectivity index (χ0v) is 13.9. The van der Waals surface area contributed by atoms with Crippen molar-refractivity contribution in [3.8, 4) is 0 Å². The number of ether oxygens (including phenoxy) is 1. The second kappa shape index (κ2) is 6.57. The minimum absolute atomic E-state index is 0.0366. The third-order valence-corrected chi connectivity index (χ3v) is 5.12. The molecule has 0 aromatic heterocycles. The second-order valence-corrected chi connectivity index (χ2v) is 6.58. The fourth-order valence-electron chi connectivity index (χ4n) is 3.13. The molecule has 1 unspecified atom stereocenters. The molecule has 0 bridgehead atoms. The summed E-state index contributed by atoms with van der Waals surface area (Å²) in [4.78, 5) is 0. The Balaban J connectivity index is 2.18. The van der Waals surface area contributed by atoms with Gasteiger partial charge in [0.25, 0.3) is 0 Å². The molecular formula is C15H21BrClNO. The van der Waals surface area contributed by atoms with Crippen LogP contribution in [0.4, 0.5) is 0 Å². The summed E-state index contributed by atoms with van der Waals surface area (Å²) < 4.78 is 6.89. The Bertz CT molecular complexity index is 432. The van der Waals surface area contributed by atoms with Gasteiger partial charge >= 0.3 is 0 Å². The first-order valence-corrected chi connectivity index (χ1v) is 7.95. The summed E-state index contributed by atoms with van der Waals surface area (Å²) in [5.41, 5.74) is 1.14. The number of nitrogens with one attached hydrogen (secondary N) is 1. The molecule has 19 heavy (non-hydrogen) atoms. The third kappa shape index (κ3) is 3.33. The molecule has 2 nitrogen and oxygen atoms in total. The minimum Gasteiger partial charge on any atom is -0.377 e. The van der Waals surface area contributed by atoms with E-state index in [9.17, 15) is 0 Å². The van der Waals surface area contributed by atoms with Crippen LogP contribution in [0.25, 0.3) is 0 Å². The molecule has 106 valence electrons. The number of hydrogen-bond donors (Lipinski definition) is 1. The molecule has 1 aromatic carbocycles. The second-order valence-electron chi connectivity index (χ2n) is 5.26. The van der Waals surface area contributed by atoms with E-state index in [1.54, 1.807) is 0 Å². The van der Waals surface area contributed by atoms with Crippen LogP contribution in [0.1, 0.15) is 31.2 Å². The van der Waals surface area contributed by atoms with Crippen LogP contribution in [-0.2, 0) is 11.2 Å². The Kier molecular flexibility index (Phi) is 5.29. The maximum atomic E-state index is 6.33. The molecular weight excluding hydrogens is 326 g/mol. The Morgan fingerprint density at radius 3 is 2.63 bits per heavy atom. The molecule has 2 rings (SSSR count). The first-order valence-electron chi connectivity index (χ1n) is 6.77. The molecule has 1 atom stereocenters. The van der Waals surface area contributed by atoms with Crippen molar-refractivity contribution in [2.24, 2.45) is 0 Å². The average molecular weight is 347 g/mol. The van der Waals surface area contributed by atoms with E-state index < -0.39 is 0 Å². The predicted octanol–water partition coefficient (Wildman–Crippen LogP) is 4.19. The third-order valence-electron chi connectivity index (χ3n) is 4.28. The summed E-state index contributed by atoms with van der Waals surface area (Å²) in [6.45, 7) is 0. The van der Waals surface area contributed by atoms with Gasteiger partial charge in [-0.1, -0.05) is 46.4 Å². The quantitative estimate of drug-likeness (QED) is 0.863. The van der Waals surface area contributed by atoms with E-state index in [-0.39, 0.29) is 5.60 Å². The summed E-state index contributed by atoms with van der Waals surface area (Å²) >= 11 is 9.77. The summed E-state index contributed by atoms with van der Waals surface area (Å²) in [6.07, 6.45) is 5.66. The van der Waals surface area contributed by atoms with E-state index in [2.05, 4.69) is 27.3 Å². The fourth-order valence-corrected chi connectivity index (χ4v) is 3.88. The van der Waals surface area contributed by atoms with Gasteiger partial charge in [-0.2, -0.15) is 0 Å². The molecule has 0 spiro atoms. The number of methoxy groups -OCH3 is 1. The number of rotatable bonds is 5. The van der Waals surface area contributed by atoms with Crippen molar-refractivity contribution < 1.29 is 4.74 Å². The molecule has 0 heterocycles. The SMILES string of the molecule is CNC(Cc1ccc(Br)cc1Cl)C1(OC)CCCC1. The van der Waals surface area contributed by atoms with Gasteiger partial charge in [0.2, 0.25) is 0 Å². The van der Waals surface area contributed by atoms with E-state index in [4.69, 9.17) is 16.3 Å². The lowest BCUT2D eigenvalue weighted by Gasteiger charge is -2.36. The molecule has 1 N–H and O–H groups in total. The lowest BCUT2D eigenvalue weighted by Crippen LogP contribution is -2.50. The van der Waals surface area contributed by atoms with E-state index in [0.717, 1.165) is 28.8 Å². The van der Waals surface area contributed by atoms with Gasteiger partial charge in [0.1, 0.15) is 0 Å². The van der Waals surface area contributed by atoms with E-state index in [1.165, 1.54) is 18.4 Å². The summed E-state index contributed by atoms with van der Waals surface area (Å²) in [7, 11) is 3.84. The maximum Gasteiger partial charge on any atom is 0.0834 e. The van der Waals surface area contributed by atoms with Crippen LogP contribution < -0.4 is 5.32 Å². The molecule has 0 amide bonds. The lowest BCUT2D eigenvalue weighted by molar-refractivity contribution is -0.0336. The van der Waals surface area contributed by atoms with E-state index >= 15 is 0 Å². The normalized spacial score (nSPS) is 19.6. The van der Waals surface area contributed by atoms with Crippen LogP contribution in [0.5, 0.6) is 0 Å². The molecule has 0 saturated heterocycles. The standard InChI is InChI=1S/C15H21BrClNO/c1-18-14(15(19-2)7-3-4-8-15)9-11-5-6-12(16)10-13(11)17/h5-6,10,14,18H,3-4,7-9H2,1-2H3. The van der Waals surface area contributed by atoms with Crippen molar-refractivity contribution in [3.05, 3.63) is 33.3 Å². The van der Waals surface area contributed by atoms with Gasteiger partial charge in [0.05, 0.1) is 5.60 Å². The number of benzene rings is 1.